The molecule has 2 N–H and O–H groups in total. The average Bonchev–Trinajstić information content (AvgIpc) is 2.77. The minimum absolute atomic E-state index is 0.0125. The van der Waals surface area contributed by atoms with Crippen molar-refractivity contribution in [3.8, 4) is 0 Å². The van der Waals surface area contributed by atoms with Crippen molar-refractivity contribution in [2.45, 2.75) is 119 Å². The lowest BCUT2D eigenvalue weighted by atomic mass is 9.30. The van der Waals surface area contributed by atoms with Gasteiger partial charge in [-0.3, -0.25) is 9.59 Å². The molecule has 0 saturated heterocycles. The molecule has 192 valence electrons. The number of aliphatic carboxylic acids is 1. The Bertz CT molecular complexity index is 913. The number of ketones is 1. The molecule has 34 heavy (non-hydrogen) atoms. The van der Waals surface area contributed by atoms with Crippen LogP contribution < -0.4 is 0 Å². The number of fused-ring (bicyclic) bond motifs is 7. The molecule has 0 aliphatic heterocycles. The van der Waals surface area contributed by atoms with Gasteiger partial charge < -0.3 is 10.2 Å². The Morgan fingerprint density at radius 3 is 2.03 bits per heavy atom. The van der Waals surface area contributed by atoms with Crippen LogP contribution in [-0.4, -0.2) is 28.1 Å². The van der Waals surface area contributed by atoms with Crippen LogP contribution in [0.1, 0.15) is 113 Å². The fraction of sp³-hybridized carbons (Fsp3) is 0.933. The fourth-order valence-corrected chi connectivity index (χ4v) is 11.1. The summed E-state index contributed by atoms with van der Waals surface area (Å²) in [4.78, 5) is 25.2. The Kier molecular flexibility index (Phi) is 5.18. The number of carbonyl (C=O) groups excluding carboxylic acids is 1. The van der Waals surface area contributed by atoms with Crippen LogP contribution in [-0.2, 0) is 9.59 Å². The average molecular weight is 473 g/mol. The van der Waals surface area contributed by atoms with E-state index in [1.807, 2.05) is 6.92 Å². The summed E-state index contributed by atoms with van der Waals surface area (Å²) in [6.45, 7) is 16.5. The molecular formula is C30H48O4. The molecule has 0 aromatic carbocycles. The number of Topliss-reactive ketones (excluding diaryl/α,β-unsaturated/α-hetero) is 1. The second-order valence-electron chi connectivity index (χ2n) is 15.2. The van der Waals surface area contributed by atoms with Gasteiger partial charge in [0.05, 0.1) is 5.41 Å². The molecule has 4 heteroatoms. The summed E-state index contributed by atoms with van der Waals surface area (Å²) in [7, 11) is 0. The van der Waals surface area contributed by atoms with Crippen LogP contribution in [0.3, 0.4) is 0 Å². The van der Waals surface area contributed by atoms with E-state index < -0.39 is 17.5 Å². The summed E-state index contributed by atoms with van der Waals surface area (Å²) in [6, 6.07) is 0. The predicted octanol–water partition coefficient (Wildman–Crippen LogP) is 6.49. The van der Waals surface area contributed by atoms with Gasteiger partial charge in [-0.2, -0.15) is 0 Å². The normalized spacial score (nSPS) is 59.3. The van der Waals surface area contributed by atoms with Gasteiger partial charge in [-0.05, 0) is 115 Å². The molecule has 0 aromatic rings. The van der Waals surface area contributed by atoms with Crippen LogP contribution in [0.4, 0.5) is 0 Å². The first-order valence-corrected chi connectivity index (χ1v) is 14.0. The van der Waals surface area contributed by atoms with Crippen molar-refractivity contribution >= 4 is 11.8 Å². The van der Waals surface area contributed by atoms with Gasteiger partial charge in [-0.15, -0.1) is 0 Å². The van der Waals surface area contributed by atoms with Crippen molar-refractivity contribution in [3.05, 3.63) is 0 Å². The predicted molar refractivity (Wildman–Crippen MR) is 133 cm³/mol. The smallest absolute Gasteiger partial charge is 0.309 e. The van der Waals surface area contributed by atoms with E-state index in [0.717, 1.165) is 38.5 Å². The molecule has 0 radical (unpaired) electrons. The lowest BCUT2D eigenvalue weighted by molar-refractivity contribution is -0.260. The van der Waals surface area contributed by atoms with Crippen LogP contribution >= 0.6 is 0 Å². The highest BCUT2D eigenvalue weighted by atomic mass is 16.4. The second-order valence-corrected chi connectivity index (χ2v) is 15.2. The number of hydrogen-bond donors (Lipinski definition) is 2. The number of carbonyl (C=O) groups is 2. The first kappa shape index (κ1) is 24.8. The molecule has 0 unspecified atom stereocenters. The van der Waals surface area contributed by atoms with Gasteiger partial charge in [-0.25, -0.2) is 0 Å². The van der Waals surface area contributed by atoms with E-state index in [0.29, 0.717) is 24.2 Å². The zero-order valence-corrected chi connectivity index (χ0v) is 22.7. The first-order valence-electron chi connectivity index (χ1n) is 14.0. The van der Waals surface area contributed by atoms with E-state index in [1.54, 1.807) is 0 Å². The van der Waals surface area contributed by atoms with Gasteiger partial charge in [0.2, 0.25) is 0 Å². The molecule has 5 aliphatic carbocycles. The topological polar surface area (TPSA) is 74.6 Å². The number of rotatable bonds is 1. The Labute approximate surface area is 206 Å². The van der Waals surface area contributed by atoms with E-state index in [4.69, 9.17) is 0 Å². The van der Waals surface area contributed by atoms with Gasteiger partial charge >= 0.3 is 5.97 Å². The maximum absolute atomic E-state index is 12.9. The third-order valence-corrected chi connectivity index (χ3v) is 14.1. The third-order valence-electron chi connectivity index (χ3n) is 14.1. The lowest BCUT2D eigenvalue weighted by Gasteiger charge is -2.74. The van der Waals surface area contributed by atoms with Crippen molar-refractivity contribution in [2.24, 2.45) is 56.2 Å². The fourth-order valence-electron chi connectivity index (χ4n) is 11.1. The standard InChI is InChI=1S/C30H48O4/c1-18-23(32)19(31)16-21-27(18,4)9-8-20-28(21,5)13-15-30(7)22-17-26(3,24(33)34)11-10-25(22,2)12-14-29(20,30)6/h18,20-23,32H,8-17H2,1-7H3,(H,33,34)/t18-,20+,21+,22-,23-,25+,26+,27+,28+,29+,30-/m0/s1. The Hall–Kier alpha value is -0.900. The molecule has 5 fully saturated rings. The molecule has 4 nitrogen and oxygen atoms in total. The van der Waals surface area contributed by atoms with Crippen molar-refractivity contribution in [2.75, 3.05) is 0 Å². The monoisotopic (exact) mass is 472 g/mol. The molecule has 0 bridgehead atoms. The molecule has 5 rings (SSSR count). The van der Waals surface area contributed by atoms with E-state index >= 15 is 0 Å². The Balaban J connectivity index is 1.55. The minimum Gasteiger partial charge on any atom is -0.481 e. The molecule has 0 spiro atoms. The highest BCUT2D eigenvalue weighted by Crippen LogP contribution is 2.78. The highest BCUT2D eigenvalue weighted by molar-refractivity contribution is 5.84. The molecule has 0 amide bonds. The zero-order chi connectivity index (χ0) is 25.1. The molecule has 11 atom stereocenters. The van der Waals surface area contributed by atoms with Crippen molar-refractivity contribution in [1.29, 1.82) is 0 Å². The first-order chi connectivity index (χ1) is 15.6. The summed E-state index contributed by atoms with van der Waals surface area (Å²) in [5, 5.41) is 20.8. The summed E-state index contributed by atoms with van der Waals surface area (Å²) in [5.41, 5.74) is 0.0180. The maximum atomic E-state index is 12.9. The van der Waals surface area contributed by atoms with Crippen molar-refractivity contribution in [1.82, 2.24) is 0 Å². The summed E-state index contributed by atoms with van der Waals surface area (Å²) < 4.78 is 0. The number of carboxylic acids is 1. The van der Waals surface area contributed by atoms with E-state index in [2.05, 4.69) is 41.5 Å². The number of hydrogen-bond acceptors (Lipinski definition) is 3. The highest BCUT2D eigenvalue weighted by Gasteiger charge is 2.71. The molecule has 5 saturated carbocycles. The van der Waals surface area contributed by atoms with E-state index in [-0.39, 0.29) is 38.8 Å². The Morgan fingerprint density at radius 1 is 0.794 bits per heavy atom. The zero-order valence-electron chi connectivity index (χ0n) is 22.7. The van der Waals surface area contributed by atoms with Crippen LogP contribution in [0, 0.1) is 56.2 Å². The van der Waals surface area contributed by atoms with Crippen molar-refractivity contribution < 1.29 is 19.8 Å². The van der Waals surface area contributed by atoms with E-state index in [9.17, 15) is 19.8 Å². The van der Waals surface area contributed by atoms with Gasteiger partial charge in [0.1, 0.15) is 6.10 Å². The van der Waals surface area contributed by atoms with Crippen LogP contribution in [0.25, 0.3) is 0 Å². The number of carboxylic acid groups (broad SMARTS) is 1. The lowest BCUT2D eigenvalue weighted by Crippen LogP contribution is -2.68. The Morgan fingerprint density at radius 2 is 1.38 bits per heavy atom. The molecule has 5 aliphatic rings. The van der Waals surface area contributed by atoms with Gasteiger partial charge in [0, 0.05) is 6.42 Å². The minimum atomic E-state index is -0.808. The molecule has 0 aromatic heterocycles. The second kappa shape index (κ2) is 7.11. The summed E-state index contributed by atoms with van der Waals surface area (Å²) in [6.07, 6.45) is 9.27. The number of aliphatic hydroxyl groups excluding tert-OH is 1. The van der Waals surface area contributed by atoms with Crippen LogP contribution in [0.15, 0.2) is 0 Å². The summed E-state index contributed by atoms with van der Waals surface area (Å²) in [5.74, 6) is 0.760. The van der Waals surface area contributed by atoms with Crippen LogP contribution in [0.5, 0.6) is 0 Å². The number of aliphatic hydroxyl groups is 1. The largest absolute Gasteiger partial charge is 0.481 e. The summed E-state index contributed by atoms with van der Waals surface area (Å²) >= 11 is 0. The van der Waals surface area contributed by atoms with Gasteiger partial charge in [-0.1, -0.05) is 41.5 Å². The maximum Gasteiger partial charge on any atom is 0.309 e. The van der Waals surface area contributed by atoms with Gasteiger partial charge in [0.15, 0.2) is 5.78 Å². The molecular weight excluding hydrogens is 424 g/mol. The molecule has 0 heterocycles. The van der Waals surface area contributed by atoms with Crippen molar-refractivity contribution in [3.63, 3.8) is 0 Å². The quantitative estimate of drug-likeness (QED) is 0.457. The van der Waals surface area contributed by atoms with Gasteiger partial charge in [0.25, 0.3) is 0 Å². The SMILES string of the molecule is C[C@H]1[C@H](O)C(=O)C[C@H]2[C@]3(C)CC[C@@]4(C)[C@H]5C[C@](C)(C(=O)O)CC[C@]5(C)CC[C@]4(C)[C@@H]3CC[C@@]21C. The van der Waals surface area contributed by atoms with E-state index in [1.165, 1.54) is 19.3 Å². The van der Waals surface area contributed by atoms with Crippen LogP contribution in [0.2, 0.25) is 0 Å². The third kappa shape index (κ3) is 2.81.